The summed E-state index contributed by atoms with van der Waals surface area (Å²) >= 11 is 0. The van der Waals surface area contributed by atoms with E-state index in [1.54, 1.807) is 24.5 Å². The van der Waals surface area contributed by atoms with Crippen molar-refractivity contribution in [2.24, 2.45) is 0 Å². The van der Waals surface area contributed by atoms with Gasteiger partial charge in [-0.25, -0.2) is 4.98 Å². The molecule has 0 spiro atoms. The normalized spacial score (nSPS) is 11.7. The number of aromatic amines is 1. The third-order valence-corrected chi connectivity index (χ3v) is 3.03. The highest BCUT2D eigenvalue weighted by atomic mass is 16.2. The van der Waals surface area contributed by atoms with Gasteiger partial charge in [-0.15, -0.1) is 0 Å². The number of carbonyl (C=O) groups is 2. The van der Waals surface area contributed by atoms with Crippen LogP contribution in [-0.2, 0) is 4.79 Å². The third-order valence-electron chi connectivity index (χ3n) is 3.03. The van der Waals surface area contributed by atoms with Crippen LogP contribution in [0.2, 0.25) is 0 Å². The van der Waals surface area contributed by atoms with Gasteiger partial charge in [-0.3, -0.25) is 9.59 Å². The molecule has 6 nitrogen and oxygen atoms in total. The zero-order valence-electron chi connectivity index (χ0n) is 12.0. The van der Waals surface area contributed by atoms with E-state index in [0.717, 1.165) is 5.56 Å². The first kappa shape index (κ1) is 14.8. The Hall–Kier alpha value is -2.63. The molecule has 1 aromatic carbocycles. The van der Waals surface area contributed by atoms with Crippen LogP contribution in [0.4, 0.5) is 0 Å². The van der Waals surface area contributed by atoms with Gasteiger partial charge in [0.25, 0.3) is 5.91 Å². The lowest BCUT2D eigenvalue weighted by atomic mass is 10.1. The smallest absolute Gasteiger partial charge is 0.251 e. The number of nitrogens with one attached hydrogen (secondary N) is 3. The zero-order chi connectivity index (χ0) is 15.2. The van der Waals surface area contributed by atoms with E-state index in [1.165, 1.54) is 0 Å². The summed E-state index contributed by atoms with van der Waals surface area (Å²) in [4.78, 5) is 30.6. The second kappa shape index (κ2) is 6.69. The number of H-pyrrole nitrogens is 1. The van der Waals surface area contributed by atoms with Crippen molar-refractivity contribution in [2.45, 2.75) is 19.9 Å². The maximum atomic E-state index is 11.9. The molecule has 2 rings (SSSR count). The lowest BCUT2D eigenvalue weighted by Gasteiger charge is -2.12. The van der Waals surface area contributed by atoms with E-state index >= 15 is 0 Å². The van der Waals surface area contributed by atoms with Crippen molar-refractivity contribution in [3.63, 3.8) is 0 Å². The van der Waals surface area contributed by atoms with E-state index in [0.29, 0.717) is 11.4 Å². The molecule has 1 heterocycles. The summed E-state index contributed by atoms with van der Waals surface area (Å²) < 4.78 is 0. The summed E-state index contributed by atoms with van der Waals surface area (Å²) in [5.41, 5.74) is 1.61. The van der Waals surface area contributed by atoms with Crippen molar-refractivity contribution in [1.82, 2.24) is 20.6 Å². The Labute approximate surface area is 123 Å². The lowest BCUT2D eigenvalue weighted by Crippen LogP contribution is -2.38. The predicted octanol–water partition coefficient (Wildman–Crippen LogP) is 1.33. The third kappa shape index (κ3) is 4.17. The molecule has 3 N–H and O–H groups in total. The second-order valence-corrected chi connectivity index (χ2v) is 4.81. The number of imidazole rings is 1. The van der Waals surface area contributed by atoms with Gasteiger partial charge in [-0.05, 0) is 26.0 Å². The molecule has 0 aliphatic carbocycles. The number of hydrogen-bond acceptors (Lipinski definition) is 3. The fourth-order valence-corrected chi connectivity index (χ4v) is 1.84. The second-order valence-electron chi connectivity index (χ2n) is 4.81. The summed E-state index contributed by atoms with van der Waals surface area (Å²) in [5, 5.41) is 5.34. The largest absolute Gasteiger partial charge is 0.347 e. The Balaban J connectivity index is 1.81. The number of rotatable bonds is 5. The Morgan fingerprint density at radius 1 is 1.29 bits per heavy atom. The summed E-state index contributed by atoms with van der Waals surface area (Å²) in [5.74, 6) is 0.142. The molecule has 0 fully saturated rings. The molecule has 1 aromatic heterocycles. The van der Waals surface area contributed by atoms with Crippen LogP contribution in [0.1, 0.15) is 34.7 Å². The summed E-state index contributed by atoms with van der Waals surface area (Å²) in [6, 6.07) is 6.94. The van der Waals surface area contributed by atoms with Crippen LogP contribution in [0, 0.1) is 6.92 Å². The van der Waals surface area contributed by atoms with Crippen molar-refractivity contribution >= 4 is 11.8 Å². The first-order valence-corrected chi connectivity index (χ1v) is 6.70. The van der Waals surface area contributed by atoms with Gasteiger partial charge in [-0.2, -0.15) is 0 Å². The van der Waals surface area contributed by atoms with Crippen molar-refractivity contribution in [1.29, 1.82) is 0 Å². The van der Waals surface area contributed by atoms with E-state index in [2.05, 4.69) is 20.6 Å². The van der Waals surface area contributed by atoms with E-state index in [4.69, 9.17) is 0 Å². The SMILES string of the molecule is Cc1ccc(C(=O)NCC(=O)NC(C)c2ncc[nH]2)cc1. The minimum Gasteiger partial charge on any atom is -0.347 e. The average molecular weight is 286 g/mol. The summed E-state index contributed by atoms with van der Waals surface area (Å²) in [6.45, 7) is 3.70. The number of aryl methyl sites for hydroxylation is 1. The molecule has 0 radical (unpaired) electrons. The van der Waals surface area contributed by atoms with Gasteiger partial charge in [-0.1, -0.05) is 17.7 Å². The molecule has 21 heavy (non-hydrogen) atoms. The quantitative estimate of drug-likeness (QED) is 0.775. The number of carbonyl (C=O) groups excluding carboxylic acids is 2. The van der Waals surface area contributed by atoms with Crippen LogP contribution in [0.5, 0.6) is 0 Å². The first-order valence-electron chi connectivity index (χ1n) is 6.70. The highest BCUT2D eigenvalue weighted by Gasteiger charge is 2.12. The summed E-state index contributed by atoms with van der Waals surface area (Å²) in [7, 11) is 0. The summed E-state index contributed by atoms with van der Waals surface area (Å²) in [6.07, 6.45) is 3.31. The molecule has 110 valence electrons. The number of benzene rings is 1. The molecular formula is C15H18N4O2. The van der Waals surface area contributed by atoms with Crippen LogP contribution in [0.3, 0.4) is 0 Å². The molecule has 2 aromatic rings. The Bertz CT molecular complexity index is 605. The molecule has 0 bridgehead atoms. The highest BCUT2D eigenvalue weighted by Crippen LogP contribution is 2.05. The maximum absolute atomic E-state index is 11.9. The van der Waals surface area contributed by atoms with Gasteiger partial charge in [0.15, 0.2) is 0 Å². The Morgan fingerprint density at radius 2 is 2.00 bits per heavy atom. The minimum atomic E-state index is -0.268. The number of hydrogen-bond donors (Lipinski definition) is 3. The minimum absolute atomic E-state index is 0.0717. The van der Waals surface area contributed by atoms with Crippen LogP contribution in [-0.4, -0.2) is 28.3 Å². The predicted molar refractivity (Wildman–Crippen MR) is 78.7 cm³/mol. The van der Waals surface area contributed by atoms with E-state index in [1.807, 2.05) is 26.0 Å². The van der Waals surface area contributed by atoms with Gasteiger partial charge in [0.1, 0.15) is 5.82 Å². The Kier molecular flexibility index (Phi) is 4.71. The molecule has 0 aliphatic rings. The number of nitrogens with zero attached hydrogens (tertiary/aromatic N) is 1. The maximum Gasteiger partial charge on any atom is 0.251 e. The van der Waals surface area contributed by atoms with Crippen molar-refractivity contribution in [2.75, 3.05) is 6.54 Å². The molecule has 1 unspecified atom stereocenters. The molecule has 2 amide bonds. The molecule has 6 heteroatoms. The van der Waals surface area contributed by atoms with E-state index in [-0.39, 0.29) is 24.4 Å². The van der Waals surface area contributed by atoms with Gasteiger partial charge in [0.2, 0.25) is 5.91 Å². The van der Waals surface area contributed by atoms with Crippen molar-refractivity contribution in [3.8, 4) is 0 Å². The first-order chi connectivity index (χ1) is 10.1. The van der Waals surface area contributed by atoms with Crippen molar-refractivity contribution in [3.05, 3.63) is 53.6 Å². The monoisotopic (exact) mass is 286 g/mol. The molecule has 1 atom stereocenters. The van der Waals surface area contributed by atoms with Gasteiger partial charge in [0, 0.05) is 18.0 Å². The average Bonchev–Trinajstić information content (AvgIpc) is 3.00. The topological polar surface area (TPSA) is 86.9 Å². The standard InChI is InChI=1S/C15H18N4O2/c1-10-3-5-12(6-4-10)15(21)18-9-13(20)19-11(2)14-16-7-8-17-14/h3-8,11H,9H2,1-2H3,(H,16,17)(H,18,21)(H,19,20). The zero-order valence-corrected chi connectivity index (χ0v) is 12.0. The fraction of sp³-hybridized carbons (Fsp3) is 0.267. The molecular weight excluding hydrogens is 268 g/mol. The van der Waals surface area contributed by atoms with Crippen molar-refractivity contribution < 1.29 is 9.59 Å². The van der Waals surface area contributed by atoms with Crippen LogP contribution >= 0.6 is 0 Å². The van der Waals surface area contributed by atoms with E-state index in [9.17, 15) is 9.59 Å². The lowest BCUT2D eigenvalue weighted by molar-refractivity contribution is -0.120. The van der Waals surface area contributed by atoms with Crippen LogP contribution in [0.15, 0.2) is 36.7 Å². The van der Waals surface area contributed by atoms with Gasteiger partial charge < -0.3 is 15.6 Å². The van der Waals surface area contributed by atoms with E-state index < -0.39 is 0 Å². The molecule has 0 saturated heterocycles. The molecule has 0 saturated carbocycles. The Morgan fingerprint density at radius 3 is 2.62 bits per heavy atom. The van der Waals surface area contributed by atoms with Crippen LogP contribution < -0.4 is 10.6 Å². The highest BCUT2D eigenvalue weighted by molar-refractivity contribution is 5.96. The number of amides is 2. The van der Waals surface area contributed by atoms with Gasteiger partial charge in [0.05, 0.1) is 12.6 Å². The van der Waals surface area contributed by atoms with Crippen LogP contribution in [0.25, 0.3) is 0 Å². The number of aromatic nitrogens is 2. The fourth-order valence-electron chi connectivity index (χ4n) is 1.84. The molecule has 0 aliphatic heterocycles. The van der Waals surface area contributed by atoms with Gasteiger partial charge >= 0.3 is 0 Å².